The number of benzene rings is 1. The van der Waals surface area contributed by atoms with E-state index in [0.717, 1.165) is 41.4 Å². The van der Waals surface area contributed by atoms with Crippen LogP contribution in [0, 0.1) is 11.6 Å². The molecule has 0 saturated carbocycles. The van der Waals surface area contributed by atoms with Gasteiger partial charge in [-0.3, -0.25) is 0 Å². The summed E-state index contributed by atoms with van der Waals surface area (Å²) in [6.45, 7) is 2.65. The molecule has 4 nitrogen and oxygen atoms in total. The number of rotatable bonds is 5. The first-order valence-corrected chi connectivity index (χ1v) is 8.25. The third kappa shape index (κ3) is 4.45. The highest BCUT2D eigenvalue weighted by Crippen LogP contribution is 2.33. The van der Waals surface area contributed by atoms with Gasteiger partial charge >= 0.3 is 6.03 Å². The second-order valence-corrected chi connectivity index (χ2v) is 6.40. The third-order valence-corrected chi connectivity index (χ3v) is 4.54. The zero-order valence-corrected chi connectivity index (χ0v) is 14.3. The van der Waals surface area contributed by atoms with Crippen LogP contribution in [0.15, 0.2) is 34.3 Å². The van der Waals surface area contributed by atoms with E-state index in [0.29, 0.717) is 6.54 Å². The molecule has 0 fully saturated rings. The Morgan fingerprint density at radius 2 is 2.17 bits per heavy atom. The second-order valence-electron chi connectivity index (χ2n) is 4.96. The smallest absolute Gasteiger partial charge is 0.326 e. The second kappa shape index (κ2) is 7.79. The largest absolute Gasteiger partial charge is 0.344 e. The fraction of sp³-hybridized carbons (Fsp3) is 0.333. The molecule has 0 bridgehead atoms. The molecule has 0 unspecified atom stereocenters. The van der Waals surface area contributed by atoms with E-state index in [1.54, 1.807) is 11.9 Å². The maximum absolute atomic E-state index is 13.7. The van der Waals surface area contributed by atoms with Crippen molar-refractivity contribution in [1.29, 1.82) is 0 Å². The van der Waals surface area contributed by atoms with Gasteiger partial charge < -0.3 is 4.90 Å². The molecule has 0 radical (unpaired) electrons. The van der Waals surface area contributed by atoms with E-state index < -0.39 is 11.6 Å². The molecule has 1 aromatic heterocycles. The highest BCUT2D eigenvalue weighted by atomic mass is 35.5. The summed E-state index contributed by atoms with van der Waals surface area (Å²) in [6, 6.07) is 2.93. The van der Waals surface area contributed by atoms with Gasteiger partial charge in [0.15, 0.2) is 0 Å². The number of hydrogen-bond acceptors (Lipinski definition) is 3. The number of carbonyl (C=O) groups excluding carboxylic acids is 1. The Balaban J connectivity index is 2.16. The Kier molecular flexibility index (Phi) is 6.01. The quantitative estimate of drug-likeness (QED) is 0.778. The minimum absolute atomic E-state index is 0.185. The molecule has 0 saturated heterocycles. The summed E-state index contributed by atoms with van der Waals surface area (Å²) < 4.78 is 27.7. The topological polar surface area (TPSA) is 38.1 Å². The minimum Gasteiger partial charge on any atom is -0.326 e. The summed E-state index contributed by atoms with van der Waals surface area (Å²) >= 11 is 7.00. The number of halogens is 3. The normalized spacial score (nSPS) is 10.8. The molecule has 23 heavy (non-hydrogen) atoms. The maximum atomic E-state index is 13.7. The molecule has 8 heteroatoms. The van der Waals surface area contributed by atoms with Crippen molar-refractivity contribution in [3.63, 3.8) is 0 Å². The van der Waals surface area contributed by atoms with E-state index in [4.69, 9.17) is 11.6 Å². The monoisotopic (exact) mass is 359 g/mol. The number of carbonyl (C=O) groups is 1. The van der Waals surface area contributed by atoms with Gasteiger partial charge in [-0.25, -0.2) is 13.6 Å². The Labute approximate surface area is 142 Å². The third-order valence-electron chi connectivity index (χ3n) is 3.11. The molecule has 0 atom stereocenters. The Morgan fingerprint density at radius 1 is 1.43 bits per heavy atom. The zero-order chi connectivity index (χ0) is 17.0. The molecule has 2 aromatic rings. The first kappa shape index (κ1) is 17.7. The fourth-order valence-corrected chi connectivity index (χ4v) is 2.86. The van der Waals surface area contributed by atoms with Gasteiger partial charge in [-0.15, -0.1) is 0 Å². The van der Waals surface area contributed by atoms with Crippen LogP contribution < -0.4 is 0 Å². The predicted molar refractivity (Wildman–Crippen MR) is 86.1 cm³/mol. The van der Waals surface area contributed by atoms with E-state index in [-0.39, 0.29) is 21.0 Å². The molecule has 1 aromatic carbocycles. The van der Waals surface area contributed by atoms with Crippen LogP contribution in [0.25, 0.3) is 0 Å². The maximum Gasteiger partial charge on any atom is 0.344 e. The molecule has 0 spiro atoms. The lowest BCUT2D eigenvalue weighted by atomic mass is 10.3. The minimum atomic E-state index is -0.702. The number of hydrogen-bond donors (Lipinski definition) is 0. The van der Waals surface area contributed by atoms with Crippen molar-refractivity contribution in [2.75, 3.05) is 13.6 Å². The number of aromatic nitrogens is 2. The molecule has 1 heterocycles. The molecule has 0 aliphatic carbocycles. The molecule has 0 aliphatic heterocycles. The Bertz CT molecular complexity index is 708. The first-order chi connectivity index (χ1) is 10.9. The SMILES string of the molecule is CCCCN(C)C(=O)n1cc(Cl)c(Sc2ccc(F)cc2F)n1. The lowest BCUT2D eigenvalue weighted by molar-refractivity contribution is 0.206. The van der Waals surface area contributed by atoms with E-state index in [9.17, 15) is 13.6 Å². The first-order valence-electron chi connectivity index (χ1n) is 7.06. The van der Waals surface area contributed by atoms with Gasteiger partial charge in [-0.1, -0.05) is 36.7 Å². The molecular weight excluding hydrogens is 344 g/mol. The Hall–Kier alpha value is -1.60. The highest BCUT2D eigenvalue weighted by Gasteiger charge is 2.17. The molecular formula is C15H16ClF2N3OS. The summed E-state index contributed by atoms with van der Waals surface area (Å²) in [6.07, 6.45) is 3.25. The average Bonchev–Trinajstić information content (AvgIpc) is 2.88. The molecule has 0 N–H and O–H groups in total. The molecule has 1 amide bonds. The van der Waals surface area contributed by atoms with Crippen LogP contribution >= 0.6 is 23.4 Å². The van der Waals surface area contributed by atoms with Gasteiger partial charge in [0.05, 0.1) is 11.2 Å². The van der Waals surface area contributed by atoms with Crippen LogP contribution in [0.1, 0.15) is 19.8 Å². The lowest BCUT2D eigenvalue weighted by Gasteiger charge is -2.15. The van der Waals surface area contributed by atoms with E-state index >= 15 is 0 Å². The van der Waals surface area contributed by atoms with Gasteiger partial charge in [-0.05, 0) is 18.6 Å². The number of unbranched alkanes of at least 4 members (excludes halogenated alkanes) is 1. The van der Waals surface area contributed by atoms with E-state index in [2.05, 4.69) is 5.10 Å². The standard InChI is InChI=1S/C15H16ClF2N3OS/c1-3-4-7-20(2)15(22)21-9-11(16)14(19-21)23-13-6-5-10(17)8-12(13)18/h5-6,8-9H,3-4,7H2,1-2H3. The van der Waals surface area contributed by atoms with Crippen LogP contribution in [0.5, 0.6) is 0 Å². The van der Waals surface area contributed by atoms with E-state index in [1.165, 1.54) is 12.3 Å². The number of nitrogens with zero attached hydrogens (tertiary/aromatic N) is 3. The van der Waals surface area contributed by atoms with Crippen molar-refractivity contribution in [3.05, 3.63) is 41.1 Å². The van der Waals surface area contributed by atoms with Crippen molar-refractivity contribution >= 4 is 29.4 Å². The lowest BCUT2D eigenvalue weighted by Crippen LogP contribution is -2.32. The van der Waals surface area contributed by atoms with Crippen molar-refractivity contribution in [3.8, 4) is 0 Å². The summed E-state index contributed by atoms with van der Waals surface area (Å²) in [5.41, 5.74) is 0. The van der Waals surface area contributed by atoms with Crippen molar-refractivity contribution in [1.82, 2.24) is 14.7 Å². The van der Waals surface area contributed by atoms with Crippen LogP contribution in [0.2, 0.25) is 5.02 Å². The van der Waals surface area contributed by atoms with Crippen molar-refractivity contribution in [2.45, 2.75) is 29.7 Å². The summed E-state index contributed by atoms with van der Waals surface area (Å²) in [7, 11) is 1.68. The van der Waals surface area contributed by atoms with Gasteiger partial charge in [0.25, 0.3) is 0 Å². The van der Waals surface area contributed by atoms with Crippen LogP contribution in [0.3, 0.4) is 0 Å². The Morgan fingerprint density at radius 3 is 2.83 bits per heavy atom. The van der Waals surface area contributed by atoms with Gasteiger partial charge in [-0.2, -0.15) is 9.78 Å². The van der Waals surface area contributed by atoms with Gasteiger partial charge in [0.2, 0.25) is 0 Å². The van der Waals surface area contributed by atoms with Gasteiger partial charge in [0, 0.05) is 24.6 Å². The summed E-state index contributed by atoms with van der Waals surface area (Å²) in [5, 5.41) is 4.61. The predicted octanol–water partition coefficient (Wildman–Crippen LogP) is 4.67. The summed E-state index contributed by atoms with van der Waals surface area (Å²) in [5.74, 6) is -1.36. The molecule has 124 valence electrons. The van der Waals surface area contributed by atoms with E-state index in [1.807, 2.05) is 6.92 Å². The average molecular weight is 360 g/mol. The molecule has 0 aliphatic rings. The molecule has 2 rings (SSSR count). The van der Waals surface area contributed by atoms with Crippen LogP contribution in [-0.2, 0) is 0 Å². The van der Waals surface area contributed by atoms with Crippen LogP contribution in [-0.4, -0.2) is 34.3 Å². The highest BCUT2D eigenvalue weighted by molar-refractivity contribution is 7.99. The van der Waals surface area contributed by atoms with Crippen LogP contribution in [0.4, 0.5) is 13.6 Å². The summed E-state index contributed by atoms with van der Waals surface area (Å²) in [4.78, 5) is 13.9. The van der Waals surface area contributed by atoms with Crippen molar-refractivity contribution in [2.24, 2.45) is 0 Å². The number of amides is 1. The fourth-order valence-electron chi connectivity index (χ4n) is 1.83. The van der Waals surface area contributed by atoms with Crippen molar-refractivity contribution < 1.29 is 13.6 Å². The van der Waals surface area contributed by atoms with Gasteiger partial charge in [0.1, 0.15) is 16.7 Å². The zero-order valence-electron chi connectivity index (χ0n) is 12.7.